The molecule has 19 heavy (non-hydrogen) atoms. The maximum absolute atomic E-state index is 12.2. The first-order valence-electron chi connectivity index (χ1n) is 6.31. The van der Waals surface area contributed by atoms with Gasteiger partial charge in [-0.3, -0.25) is 4.79 Å². The summed E-state index contributed by atoms with van der Waals surface area (Å²) in [5.41, 5.74) is -0.617. The highest BCUT2D eigenvalue weighted by atomic mass is 32.1. The fourth-order valence-corrected chi connectivity index (χ4v) is 2.41. The minimum absolute atomic E-state index is 0.378. The van der Waals surface area contributed by atoms with Crippen molar-refractivity contribution in [3.05, 3.63) is 10.6 Å². The molecule has 0 saturated heterocycles. The molecule has 106 valence electrons. The predicted molar refractivity (Wildman–Crippen MR) is 72.3 cm³/mol. The van der Waals surface area contributed by atoms with E-state index in [1.807, 2.05) is 13.8 Å². The standard InChI is InChI=1S/C12H19N3O3S/c1-4-6-8-9(19-15-14-8)10(16)13-12(3,7-5-2)11(17)18/h4-7H2,1-3H3,(H,13,16)(H,17,18). The van der Waals surface area contributed by atoms with Gasteiger partial charge in [-0.2, -0.15) is 0 Å². The SMILES string of the molecule is CCCc1nnsc1C(=O)NC(C)(CCC)C(=O)O. The number of nitrogens with zero attached hydrogens (tertiary/aromatic N) is 2. The number of rotatable bonds is 7. The molecule has 1 atom stereocenters. The van der Waals surface area contributed by atoms with E-state index in [-0.39, 0.29) is 0 Å². The lowest BCUT2D eigenvalue weighted by atomic mass is 9.96. The second kappa shape index (κ2) is 6.60. The van der Waals surface area contributed by atoms with E-state index in [0.29, 0.717) is 29.8 Å². The summed E-state index contributed by atoms with van der Waals surface area (Å²) in [6, 6.07) is 0. The highest BCUT2D eigenvalue weighted by Gasteiger charge is 2.35. The van der Waals surface area contributed by atoms with Crippen LogP contribution in [0.25, 0.3) is 0 Å². The van der Waals surface area contributed by atoms with Crippen molar-refractivity contribution in [1.82, 2.24) is 14.9 Å². The molecule has 1 heterocycles. The summed E-state index contributed by atoms with van der Waals surface area (Å²) >= 11 is 1.00. The zero-order valence-corrected chi connectivity index (χ0v) is 12.2. The van der Waals surface area contributed by atoms with Crippen LogP contribution in [0.1, 0.15) is 55.4 Å². The van der Waals surface area contributed by atoms with Gasteiger partial charge in [0.15, 0.2) is 0 Å². The van der Waals surface area contributed by atoms with Gasteiger partial charge in [-0.05, 0) is 31.3 Å². The van der Waals surface area contributed by atoms with Crippen LogP contribution in [0, 0.1) is 0 Å². The Kier molecular flexibility index (Phi) is 5.41. The van der Waals surface area contributed by atoms with Gasteiger partial charge in [-0.1, -0.05) is 31.2 Å². The maximum Gasteiger partial charge on any atom is 0.329 e. The highest BCUT2D eigenvalue weighted by Crippen LogP contribution is 2.17. The van der Waals surface area contributed by atoms with E-state index >= 15 is 0 Å². The Labute approximate surface area is 116 Å². The van der Waals surface area contributed by atoms with Gasteiger partial charge in [0, 0.05) is 0 Å². The first-order chi connectivity index (χ1) is 8.94. The highest BCUT2D eigenvalue weighted by molar-refractivity contribution is 7.08. The zero-order chi connectivity index (χ0) is 14.5. The van der Waals surface area contributed by atoms with E-state index in [1.165, 1.54) is 6.92 Å². The molecule has 0 saturated carbocycles. The summed E-state index contributed by atoms with van der Waals surface area (Å²) in [6.45, 7) is 5.38. The molecule has 0 fully saturated rings. The molecule has 1 rings (SSSR count). The van der Waals surface area contributed by atoms with Crippen LogP contribution in [0.15, 0.2) is 0 Å². The number of amides is 1. The van der Waals surface area contributed by atoms with Crippen molar-refractivity contribution in [2.45, 2.75) is 52.0 Å². The fraction of sp³-hybridized carbons (Fsp3) is 0.667. The Morgan fingerprint density at radius 3 is 2.58 bits per heavy atom. The van der Waals surface area contributed by atoms with Crippen LogP contribution in [0.4, 0.5) is 0 Å². The minimum Gasteiger partial charge on any atom is -0.480 e. The summed E-state index contributed by atoms with van der Waals surface area (Å²) in [4.78, 5) is 23.8. The number of hydrogen-bond donors (Lipinski definition) is 2. The molecule has 1 amide bonds. The third kappa shape index (κ3) is 3.73. The summed E-state index contributed by atoms with van der Waals surface area (Å²) in [5, 5.41) is 15.7. The van der Waals surface area contributed by atoms with Crippen LogP contribution in [-0.2, 0) is 11.2 Å². The van der Waals surface area contributed by atoms with Crippen molar-refractivity contribution in [3.63, 3.8) is 0 Å². The molecule has 0 aliphatic rings. The van der Waals surface area contributed by atoms with Gasteiger partial charge in [0.25, 0.3) is 5.91 Å². The van der Waals surface area contributed by atoms with Gasteiger partial charge in [-0.25, -0.2) is 4.79 Å². The van der Waals surface area contributed by atoms with Crippen LogP contribution in [0.2, 0.25) is 0 Å². The second-order valence-electron chi connectivity index (χ2n) is 4.64. The first-order valence-corrected chi connectivity index (χ1v) is 7.09. The van der Waals surface area contributed by atoms with Crippen LogP contribution in [0.3, 0.4) is 0 Å². The molecule has 7 heteroatoms. The summed E-state index contributed by atoms with van der Waals surface area (Å²) in [5.74, 6) is -1.44. The number of carbonyl (C=O) groups is 2. The summed E-state index contributed by atoms with van der Waals surface area (Å²) < 4.78 is 3.77. The smallest absolute Gasteiger partial charge is 0.329 e. The summed E-state index contributed by atoms with van der Waals surface area (Å²) in [6.07, 6.45) is 2.57. The molecule has 6 nitrogen and oxygen atoms in total. The molecule has 1 aromatic rings. The molecule has 0 spiro atoms. The quantitative estimate of drug-likeness (QED) is 0.797. The third-order valence-corrected chi connectivity index (χ3v) is 3.63. The first kappa shape index (κ1) is 15.6. The number of nitrogens with one attached hydrogen (secondary N) is 1. The lowest BCUT2D eigenvalue weighted by Gasteiger charge is -2.25. The van der Waals surface area contributed by atoms with Crippen LogP contribution >= 0.6 is 11.5 Å². The van der Waals surface area contributed by atoms with Gasteiger partial charge in [0.05, 0.1) is 5.69 Å². The number of carboxylic acids is 1. The Hall–Kier alpha value is -1.50. The van der Waals surface area contributed by atoms with E-state index in [1.54, 1.807) is 0 Å². The molecule has 0 aliphatic carbocycles. The van der Waals surface area contributed by atoms with Crippen molar-refractivity contribution < 1.29 is 14.7 Å². The largest absolute Gasteiger partial charge is 0.480 e. The van der Waals surface area contributed by atoms with Crippen molar-refractivity contribution in [3.8, 4) is 0 Å². The van der Waals surface area contributed by atoms with Crippen molar-refractivity contribution in [1.29, 1.82) is 0 Å². The molecule has 0 radical (unpaired) electrons. The molecule has 0 aromatic carbocycles. The van der Waals surface area contributed by atoms with Gasteiger partial charge < -0.3 is 10.4 Å². The Morgan fingerprint density at radius 2 is 2.05 bits per heavy atom. The number of aromatic nitrogens is 2. The fourth-order valence-electron chi connectivity index (χ4n) is 1.81. The van der Waals surface area contributed by atoms with E-state index in [0.717, 1.165) is 18.0 Å². The van der Waals surface area contributed by atoms with Gasteiger partial charge >= 0.3 is 5.97 Å². The molecule has 1 aromatic heterocycles. The third-order valence-electron chi connectivity index (χ3n) is 2.86. The number of carboxylic acid groups (broad SMARTS) is 1. The molecule has 1 unspecified atom stereocenters. The Balaban J connectivity index is 2.88. The average molecular weight is 285 g/mol. The van der Waals surface area contributed by atoms with Crippen molar-refractivity contribution in [2.75, 3.05) is 0 Å². The van der Waals surface area contributed by atoms with Crippen LogP contribution in [0.5, 0.6) is 0 Å². The van der Waals surface area contributed by atoms with Crippen molar-refractivity contribution in [2.24, 2.45) is 0 Å². The molecule has 0 aliphatic heterocycles. The topological polar surface area (TPSA) is 92.2 Å². The van der Waals surface area contributed by atoms with Gasteiger partial charge in [0.2, 0.25) is 0 Å². The molecular weight excluding hydrogens is 266 g/mol. The van der Waals surface area contributed by atoms with E-state index < -0.39 is 17.4 Å². The molecule has 2 N–H and O–H groups in total. The number of aryl methyl sites for hydroxylation is 1. The number of aliphatic carboxylic acids is 1. The number of hydrogen-bond acceptors (Lipinski definition) is 5. The number of carbonyl (C=O) groups excluding carboxylic acids is 1. The van der Waals surface area contributed by atoms with E-state index in [9.17, 15) is 14.7 Å². The molecule has 0 bridgehead atoms. The van der Waals surface area contributed by atoms with E-state index in [2.05, 4.69) is 14.9 Å². The average Bonchev–Trinajstić information content (AvgIpc) is 2.77. The van der Waals surface area contributed by atoms with Gasteiger partial charge in [0.1, 0.15) is 10.4 Å². The van der Waals surface area contributed by atoms with Crippen LogP contribution < -0.4 is 5.32 Å². The normalized spacial score (nSPS) is 13.8. The zero-order valence-electron chi connectivity index (χ0n) is 11.4. The second-order valence-corrected chi connectivity index (χ2v) is 5.39. The molecular formula is C12H19N3O3S. The lowest BCUT2D eigenvalue weighted by Crippen LogP contribution is -2.52. The maximum atomic E-state index is 12.2. The van der Waals surface area contributed by atoms with E-state index in [4.69, 9.17) is 0 Å². The van der Waals surface area contributed by atoms with Gasteiger partial charge in [-0.15, -0.1) is 5.10 Å². The van der Waals surface area contributed by atoms with Crippen LogP contribution in [-0.4, -0.2) is 32.1 Å². The minimum atomic E-state index is -1.25. The Bertz CT molecular complexity index is 461. The monoisotopic (exact) mass is 285 g/mol. The Morgan fingerprint density at radius 1 is 1.37 bits per heavy atom. The predicted octanol–water partition coefficient (Wildman–Crippen LogP) is 1.86. The summed E-state index contributed by atoms with van der Waals surface area (Å²) in [7, 11) is 0. The van der Waals surface area contributed by atoms with Crippen molar-refractivity contribution >= 4 is 23.4 Å². The lowest BCUT2D eigenvalue weighted by molar-refractivity contribution is -0.144.